The molecule has 3 aliphatic rings. The summed E-state index contributed by atoms with van der Waals surface area (Å²) in [7, 11) is 3.53. The Balaban J connectivity index is 1.27. The van der Waals surface area contributed by atoms with Gasteiger partial charge in [0.1, 0.15) is 11.6 Å². The van der Waals surface area contributed by atoms with Crippen LogP contribution in [-0.4, -0.2) is 92.3 Å². The maximum absolute atomic E-state index is 13.6. The summed E-state index contributed by atoms with van der Waals surface area (Å²) in [5.74, 6) is -1.01. The van der Waals surface area contributed by atoms with Gasteiger partial charge in [-0.25, -0.2) is 4.39 Å². The highest BCUT2D eigenvalue weighted by atomic mass is 19.1. The Morgan fingerprint density at radius 2 is 1.66 bits per heavy atom. The zero-order valence-electron chi connectivity index (χ0n) is 22.0. The van der Waals surface area contributed by atoms with Crippen LogP contribution >= 0.6 is 0 Å². The van der Waals surface area contributed by atoms with E-state index in [0.717, 1.165) is 43.6 Å². The number of anilines is 1. The van der Waals surface area contributed by atoms with E-state index in [1.807, 2.05) is 24.1 Å². The number of fused-ring (bicyclic) bond motifs is 1. The number of benzene rings is 2. The van der Waals surface area contributed by atoms with E-state index in [9.17, 15) is 18.8 Å². The van der Waals surface area contributed by atoms with Crippen LogP contribution < -0.4 is 10.1 Å². The van der Waals surface area contributed by atoms with Crippen LogP contribution in [0.15, 0.2) is 36.4 Å². The van der Waals surface area contributed by atoms with Gasteiger partial charge in [0, 0.05) is 57.6 Å². The first kappa shape index (κ1) is 26.2. The van der Waals surface area contributed by atoms with Gasteiger partial charge in [0.2, 0.25) is 5.78 Å². The molecule has 3 heterocycles. The predicted octanol–water partition coefficient (Wildman–Crippen LogP) is 2.78. The van der Waals surface area contributed by atoms with Crippen LogP contribution in [0.1, 0.15) is 40.2 Å². The minimum Gasteiger partial charge on any atom is -0.496 e. The Kier molecular flexibility index (Phi) is 7.65. The van der Waals surface area contributed by atoms with Gasteiger partial charge in [-0.2, -0.15) is 0 Å². The van der Waals surface area contributed by atoms with E-state index in [1.165, 1.54) is 19.2 Å². The summed E-state index contributed by atoms with van der Waals surface area (Å²) < 4.78 is 18.8. The van der Waals surface area contributed by atoms with Crippen molar-refractivity contribution in [1.29, 1.82) is 0 Å². The summed E-state index contributed by atoms with van der Waals surface area (Å²) >= 11 is 0. The van der Waals surface area contributed by atoms with E-state index in [4.69, 9.17) is 4.74 Å². The SMILES string of the molecule is COc1cc2c(cc1C(=O)N1CCC(Cc3ccc(F)cc3)CC1)C(C(=O)C(=O)N1CCN(C)CC1)CN2. The fourth-order valence-corrected chi connectivity index (χ4v) is 5.71. The Morgan fingerprint density at radius 3 is 2.32 bits per heavy atom. The maximum atomic E-state index is 13.6. The first-order valence-corrected chi connectivity index (χ1v) is 13.3. The highest BCUT2D eigenvalue weighted by molar-refractivity contribution is 6.38. The van der Waals surface area contributed by atoms with Crippen molar-refractivity contribution in [3.8, 4) is 5.75 Å². The number of likely N-dealkylation sites (N-methyl/N-ethyl adjacent to an activating group) is 1. The highest BCUT2D eigenvalue weighted by Gasteiger charge is 2.37. The Morgan fingerprint density at radius 1 is 0.974 bits per heavy atom. The van der Waals surface area contributed by atoms with Crippen LogP contribution in [0, 0.1) is 11.7 Å². The highest BCUT2D eigenvalue weighted by Crippen LogP contribution is 2.38. The van der Waals surface area contributed by atoms with Crippen molar-refractivity contribution in [1.82, 2.24) is 14.7 Å². The molecule has 3 aliphatic heterocycles. The van der Waals surface area contributed by atoms with Crippen LogP contribution in [0.3, 0.4) is 0 Å². The van der Waals surface area contributed by atoms with Crippen molar-refractivity contribution in [2.75, 3.05) is 65.3 Å². The van der Waals surface area contributed by atoms with Crippen LogP contribution in [-0.2, 0) is 16.0 Å². The molecule has 5 rings (SSSR count). The van der Waals surface area contributed by atoms with Crippen LogP contribution in [0.5, 0.6) is 5.75 Å². The average molecular weight is 523 g/mol. The number of piperidine rings is 1. The summed E-state index contributed by atoms with van der Waals surface area (Å²) in [5, 5.41) is 3.22. The normalized spacial score (nSPS) is 20.1. The molecule has 0 radical (unpaired) electrons. The third-order valence-electron chi connectivity index (χ3n) is 8.13. The fourth-order valence-electron chi connectivity index (χ4n) is 5.71. The second-order valence-electron chi connectivity index (χ2n) is 10.6. The van der Waals surface area contributed by atoms with Gasteiger partial charge in [-0.15, -0.1) is 0 Å². The minimum absolute atomic E-state index is 0.131. The Bertz CT molecular complexity index is 1200. The summed E-state index contributed by atoms with van der Waals surface area (Å²) in [6, 6.07) is 10.1. The lowest BCUT2D eigenvalue weighted by atomic mass is 9.89. The summed E-state index contributed by atoms with van der Waals surface area (Å²) in [6.07, 6.45) is 2.58. The largest absolute Gasteiger partial charge is 0.496 e. The van der Waals surface area contributed by atoms with Gasteiger partial charge in [0.15, 0.2) is 0 Å². The molecule has 0 saturated carbocycles. The smallest absolute Gasteiger partial charge is 0.290 e. The Hall–Kier alpha value is -3.46. The van der Waals surface area contributed by atoms with Gasteiger partial charge in [-0.3, -0.25) is 14.4 Å². The van der Waals surface area contributed by atoms with E-state index in [0.29, 0.717) is 55.5 Å². The minimum atomic E-state index is -0.629. The van der Waals surface area contributed by atoms with E-state index >= 15 is 0 Å². The van der Waals surface area contributed by atoms with Crippen molar-refractivity contribution >= 4 is 23.3 Å². The van der Waals surface area contributed by atoms with Gasteiger partial charge in [0.05, 0.1) is 18.6 Å². The number of halogens is 1. The number of methoxy groups -OCH3 is 1. The number of amides is 2. The van der Waals surface area contributed by atoms with E-state index in [1.54, 1.807) is 17.0 Å². The van der Waals surface area contributed by atoms with Crippen LogP contribution in [0.25, 0.3) is 0 Å². The number of hydrogen-bond donors (Lipinski definition) is 1. The lowest BCUT2D eigenvalue weighted by molar-refractivity contribution is -0.146. The molecule has 0 bridgehead atoms. The van der Waals surface area contributed by atoms with Crippen molar-refractivity contribution in [3.05, 3.63) is 58.9 Å². The molecule has 2 fully saturated rings. The molecule has 1 N–H and O–H groups in total. The molecule has 9 heteroatoms. The molecular weight excluding hydrogens is 487 g/mol. The van der Waals surface area contributed by atoms with Crippen molar-refractivity contribution in [2.24, 2.45) is 5.92 Å². The molecule has 2 aromatic rings. The molecule has 2 amide bonds. The van der Waals surface area contributed by atoms with Crippen LogP contribution in [0.2, 0.25) is 0 Å². The average Bonchev–Trinajstić information content (AvgIpc) is 3.36. The number of carbonyl (C=O) groups is 3. The monoisotopic (exact) mass is 522 g/mol. The number of Topliss-reactive ketones (excluding diaryl/α,β-unsaturated/α-hetero) is 1. The number of likely N-dealkylation sites (tertiary alicyclic amines) is 1. The molecule has 2 aromatic carbocycles. The standard InChI is InChI=1S/C29H35FN4O4/c1-32-11-13-34(14-12-32)29(37)27(35)24-18-31-25-17-26(38-2)23(16-22(24)25)28(36)33-9-7-20(8-10-33)15-19-3-5-21(30)6-4-19/h3-6,16-17,20,24,31H,7-15,18H2,1-2H3. The molecule has 2 saturated heterocycles. The molecular formula is C29H35FN4O4. The molecule has 0 spiro atoms. The lowest BCUT2D eigenvalue weighted by Crippen LogP contribution is -2.50. The molecule has 38 heavy (non-hydrogen) atoms. The lowest BCUT2D eigenvalue weighted by Gasteiger charge is -2.33. The maximum Gasteiger partial charge on any atom is 0.290 e. The first-order valence-electron chi connectivity index (χ1n) is 13.3. The molecule has 1 atom stereocenters. The number of nitrogens with one attached hydrogen (secondary N) is 1. The zero-order valence-corrected chi connectivity index (χ0v) is 22.0. The van der Waals surface area contributed by atoms with Gasteiger partial charge >= 0.3 is 0 Å². The number of nitrogens with zero attached hydrogens (tertiary/aromatic N) is 3. The number of ether oxygens (including phenoxy) is 1. The topological polar surface area (TPSA) is 82.2 Å². The quantitative estimate of drug-likeness (QED) is 0.588. The van der Waals surface area contributed by atoms with E-state index in [-0.39, 0.29) is 11.7 Å². The Labute approximate surface area is 222 Å². The van der Waals surface area contributed by atoms with Gasteiger partial charge in [0.25, 0.3) is 11.8 Å². The molecule has 0 aliphatic carbocycles. The number of hydrogen-bond acceptors (Lipinski definition) is 6. The molecule has 0 aromatic heterocycles. The van der Waals surface area contributed by atoms with E-state index < -0.39 is 17.6 Å². The number of ketones is 1. The predicted molar refractivity (Wildman–Crippen MR) is 142 cm³/mol. The second kappa shape index (κ2) is 11.1. The number of carbonyl (C=O) groups excluding carboxylic acids is 3. The summed E-state index contributed by atoms with van der Waals surface area (Å²) in [5.41, 5.74) is 2.91. The van der Waals surface area contributed by atoms with Crippen molar-refractivity contribution < 1.29 is 23.5 Å². The third kappa shape index (κ3) is 5.38. The molecule has 1 unspecified atom stereocenters. The summed E-state index contributed by atoms with van der Waals surface area (Å²) in [4.78, 5) is 45.4. The van der Waals surface area contributed by atoms with Gasteiger partial charge < -0.3 is 24.8 Å². The molecule has 202 valence electrons. The summed E-state index contributed by atoms with van der Waals surface area (Å²) in [6.45, 7) is 4.13. The van der Waals surface area contributed by atoms with Crippen molar-refractivity contribution in [2.45, 2.75) is 25.2 Å². The number of rotatable bonds is 6. The van der Waals surface area contributed by atoms with Crippen molar-refractivity contribution in [3.63, 3.8) is 0 Å². The van der Waals surface area contributed by atoms with Crippen LogP contribution in [0.4, 0.5) is 10.1 Å². The zero-order chi connectivity index (χ0) is 26.8. The van der Waals surface area contributed by atoms with Gasteiger partial charge in [-0.1, -0.05) is 12.1 Å². The third-order valence-corrected chi connectivity index (χ3v) is 8.13. The number of piperazine rings is 1. The fraction of sp³-hybridized carbons (Fsp3) is 0.483. The first-order chi connectivity index (χ1) is 18.3. The molecule has 8 nitrogen and oxygen atoms in total. The van der Waals surface area contributed by atoms with E-state index in [2.05, 4.69) is 10.2 Å². The second-order valence-corrected chi connectivity index (χ2v) is 10.6. The van der Waals surface area contributed by atoms with Gasteiger partial charge in [-0.05, 0) is 61.6 Å².